The third-order valence-electron chi connectivity index (χ3n) is 2.37. The highest BCUT2D eigenvalue weighted by atomic mass is 16.2. The van der Waals surface area contributed by atoms with E-state index in [4.69, 9.17) is 5.73 Å². The molecule has 0 unspecified atom stereocenters. The molecule has 2 amide bonds. The number of carbonyl (C=O) groups excluding carboxylic acids is 1. The molecule has 0 aromatic heterocycles. The van der Waals surface area contributed by atoms with Gasteiger partial charge in [0.1, 0.15) is 0 Å². The number of benzene rings is 1. The third-order valence-corrected chi connectivity index (χ3v) is 2.37. The van der Waals surface area contributed by atoms with E-state index in [2.05, 4.69) is 5.32 Å². The van der Waals surface area contributed by atoms with Gasteiger partial charge in [-0.25, -0.2) is 4.79 Å². The number of hydrogen-bond donors (Lipinski definition) is 2. The van der Waals surface area contributed by atoms with Crippen molar-refractivity contribution >= 4 is 11.7 Å². The van der Waals surface area contributed by atoms with Crippen molar-refractivity contribution in [1.82, 2.24) is 4.90 Å². The fraction of sp³-hybridized carbons (Fsp3) is 0.417. The monoisotopic (exact) mass is 221 g/mol. The molecule has 0 aliphatic heterocycles. The van der Waals surface area contributed by atoms with Crippen molar-refractivity contribution in [2.24, 2.45) is 5.73 Å². The van der Waals surface area contributed by atoms with Crippen LogP contribution < -0.4 is 11.1 Å². The standard InChI is InChI=1S/C12H19N3O/c1-3-15(9-8-13)12(16)14-11-6-4-10(2)5-7-11/h4-7H,3,8-9,13H2,1-2H3,(H,14,16). The second-order valence-electron chi connectivity index (χ2n) is 3.66. The highest BCUT2D eigenvalue weighted by molar-refractivity contribution is 5.89. The molecule has 0 heterocycles. The molecule has 0 aliphatic carbocycles. The Bertz CT molecular complexity index is 335. The van der Waals surface area contributed by atoms with Gasteiger partial charge in [0.05, 0.1) is 0 Å². The first-order valence-corrected chi connectivity index (χ1v) is 5.50. The Hall–Kier alpha value is -1.55. The van der Waals surface area contributed by atoms with Gasteiger partial charge in [-0.1, -0.05) is 17.7 Å². The summed E-state index contributed by atoms with van der Waals surface area (Å²) >= 11 is 0. The summed E-state index contributed by atoms with van der Waals surface area (Å²) in [7, 11) is 0. The number of aryl methyl sites for hydroxylation is 1. The van der Waals surface area contributed by atoms with Crippen molar-refractivity contribution in [2.45, 2.75) is 13.8 Å². The smallest absolute Gasteiger partial charge is 0.321 e. The maximum Gasteiger partial charge on any atom is 0.321 e. The molecular weight excluding hydrogens is 202 g/mol. The molecule has 16 heavy (non-hydrogen) atoms. The number of likely N-dealkylation sites (N-methyl/N-ethyl adjacent to an activating group) is 1. The van der Waals surface area contributed by atoms with Crippen LogP contribution in [-0.4, -0.2) is 30.6 Å². The summed E-state index contributed by atoms with van der Waals surface area (Å²) in [6, 6.07) is 7.62. The van der Waals surface area contributed by atoms with Crippen LogP contribution in [0.15, 0.2) is 24.3 Å². The van der Waals surface area contributed by atoms with E-state index in [1.54, 1.807) is 4.90 Å². The number of urea groups is 1. The van der Waals surface area contributed by atoms with E-state index in [1.807, 2.05) is 38.1 Å². The van der Waals surface area contributed by atoms with E-state index < -0.39 is 0 Å². The van der Waals surface area contributed by atoms with Crippen molar-refractivity contribution in [3.05, 3.63) is 29.8 Å². The first-order valence-electron chi connectivity index (χ1n) is 5.50. The van der Waals surface area contributed by atoms with Crippen LogP contribution >= 0.6 is 0 Å². The SMILES string of the molecule is CCN(CCN)C(=O)Nc1ccc(C)cc1. The molecule has 0 saturated heterocycles. The quantitative estimate of drug-likeness (QED) is 0.814. The lowest BCUT2D eigenvalue weighted by Crippen LogP contribution is -2.38. The van der Waals surface area contributed by atoms with Crippen LogP contribution in [0.3, 0.4) is 0 Å². The molecule has 3 N–H and O–H groups in total. The van der Waals surface area contributed by atoms with Gasteiger partial charge in [-0.05, 0) is 26.0 Å². The highest BCUT2D eigenvalue weighted by Crippen LogP contribution is 2.09. The first kappa shape index (κ1) is 12.5. The van der Waals surface area contributed by atoms with Gasteiger partial charge in [0.2, 0.25) is 0 Å². The predicted octanol–water partition coefficient (Wildman–Crippen LogP) is 1.81. The second-order valence-corrected chi connectivity index (χ2v) is 3.66. The second kappa shape index (κ2) is 6.12. The summed E-state index contributed by atoms with van der Waals surface area (Å²) in [4.78, 5) is 13.5. The van der Waals surface area contributed by atoms with E-state index in [0.717, 1.165) is 5.69 Å². The van der Waals surface area contributed by atoms with Gasteiger partial charge in [-0.15, -0.1) is 0 Å². The average Bonchev–Trinajstić information content (AvgIpc) is 2.29. The number of nitrogens with zero attached hydrogens (tertiary/aromatic N) is 1. The van der Waals surface area contributed by atoms with Crippen LogP contribution in [0.5, 0.6) is 0 Å². The lowest BCUT2D eigenvalue weighted by molar-refractivity contribution is 0.216. The zero-order valence-electron chi connectivity index (χ0n) is 9.86. The van der Waals surface area contributed by atoms with E-state index in [0.29, 0.717) is 19.6 Å². The molecule has 1 aromatic carbocycles. The average molecular weight is 221 g/mol. The largest absolute Gasteiger partial charge is 0.329 e. The van der Waals surface area contributed by atoms with E-state index >= 15 is 0 Å². The summed E-state index contributed by atoms with van der Waals surface area (Å²) in [5, 5.41) is 2.84. The van der Waals surface area contributed by atoms with Crippen molar-refractivity contribution in [2.75, 3.05) is 25.0 Å². The Kier molecular flexibility index (Phi) is 4.79. The Morgan fingerprint density at radius 2 is 2.00 bits per heavy atom. The minimum Gasteiger partial charge on any atom is -0.329 e. The number of nitrogens with two attached hydrogens (primary N) is 1. The summed E-state index contributed by atoms with van der Waals surface area (Å²) < 4.78 is 0. The zero-order chi connectivity index (χ0) is 12.0. The number of rotatable bonds is 4. The topological polar surface area (TPSA) is 58.4 Å². The maximum absolute atomic E-state index is 11.8. The number of carbonyl (C=O) groups is 1. The minimum absolute atomic E-state index is 0.100. The Morgan fingerprint density at radius 3 is 2.50 bits per heavy atom. The summed E-state index contributed by atoms with van der Waals surface area (Å²) in [5.74, 6) is 0. The number of nitrogens with one attached hydrogen (secondary N) is 1. The summed E-state index contributed by atoms with van der Waals surface area (Å²) in [6.45, 7) is 5.67. The highest BCUT2D eigenvalue weighted by Gasteiger charge is 2.09. The van der Waals surface area contributed by atoms with Gasteiger partial charge in [-0.2, -0.15) is 0 Å². The molecule has 0 saturated carbocycles. The van der Waals surface area contributed by atoms with Gasteiger partial charge >= 0.3 is 6.03 Å². The molecule has 0 fully saturated rings. The van der Waals surface area contributed by atoms with Gasteiger partial charge in [0, 0.05) is 25.3 Å². The van der Waals surface area contributed by atoms with Crippen molar-refractivity contribution in [3.63, 3.8) is 0 Å². The van der Waals surface area contributed by atoms with Crippen LogP contribution in [0.4, 0.5) is 10.5 Å². The van der Waals surface area contributed by atoms with Gasteiger partial charge in [0.25, 0.3) is 0 Å². The number of amides is 2. The molecule has 0 atom stereocenters. The molecule has 4 nitrogen and oxygen atoms in total. The van der Waals surface area contributed by atoms with Crippen LogP contribution in [-0.2, 0) is 0 Å². The molecular formula is C12H19N3O. The minimum atomic E-state index is -0.100. The fourth-order valence-electron chi connectivity index (χ4n) is 1.40. The molecule has 0 spiro atoms. The van der Waals surface area contributed by atoms with Gasteiger partial charge < -0.3 is 16.0 Å². The Balaban J connectivity index is 2.59. The van der Waals surface area contributed by atoms with Crippen LogP contribution in [0.1, 0.15) is 12.5 Å². The molecule has 0 aliphatic rings. The van der Waals surface area contributed by atoms with Crippen LogP contribution in [0, 0.1) is 6.92 Å². The van der Waals surface area contributed by atoms with Crippen LogP contribution in [0.2, 0.25) is 0 Å². The van der Waals surface area contributed by atoms with E-state index in [-0.39, 0.29) is 6.03 Å². The molecule has 1 aromatic rings. The van der Waals surface area contributed by atoms with E-state index in [9.17, 15) is 4.79 Å². The van der Waals surface area contributed by atoms with Crippen LogP contribution in [0.25, 0.3) is 0 Å². The number of hydrogen-bond acceptors (Lipinski definition) is 2. The zero-order valence-corrected chi connectivity index (χ0v) is 9.86. The van der Waals surface area contributed by atoms with Crippen molar-refractivity contribution in [3.8, 4) is 0 Å². The van der Waals surface area contributed by atoms with Crippen molar-refractivity contribution < 1.29 is 4.79 Å². The molecule has 1 rings (SSSR count). The van der Waals surface area contributed by atoms with Gasteiger partial charge in [-0.3, -0.25) is 0 Å². The molecule has 0 radical (unpaired) electrons. The molecule has 4 heteroatoms. The Morgan fingerprint density at radius 1 is 1.38 bits per heavy atom. The third kappa shape index (κ3) is 3.55. The first-order chi connectivity index (χ1) is 7.67. The van der Waals surface area contributed by atoms with Crippen molar-refractivity contribution in [1.29, 1.82) is 0 Å². The lowest BCUT2D eigenvalue weighted by Gasteiger charge is -2.20. The fourth-order valence-corrected chi connectivity index (χ4v) is 1.40. The Labute approximate surface area is 96.4 Å². The van der Waals surface area contributed by atoms with Gasteiger partial charge in [0.15, 0.2) is 0 Å². The normalized spacial score (nSPS) is 9.94. The summed E-state index contributed by atoms with van der Waals surface area (Å²) in [5.41, 5.74) is 7.42. The summed E-state index contributed by atoms with van der Waals surface area (Å²) in [6.07, 6.45) is 0. The predicted molar refractivity (Wildman–Crippen MR) is 66.5 cm³/mol. The lowest BCUT2D eigenvalue weighted by atomic mass is 10.2. The van der Waals surface area contributed by atoms with E-state index in [1.165, 1.54) is 5.56 Å². The molecule has 0 bridgehead atoms. The molecule has 88 valence electrons. The number of anilines is 1. The maximum atomic E-state index is 11.8.